The molecule has 2 aromatic heterocycles. The minimum absolute atomic E-state index is 0.448. The van der Waals surface area contributed by atoms with Crippen LogP contribution < -0.4 is 0 Å². The van der Waals surface area contributed by atoms with Crippen molar-refractivity contribution >= 4 is 21.8 Å². The molecule has 0 saturated carbocycles. The van der Waals surface area contributed by atoms with E-state index in [-0.39, 0.29) is 0 Å². The predicted octanol–water partition coefficient (Wildman–Crippen LogP) is 12.2. The highest BCUT2D eigenvalue weighted by Crippen LogP contribution is 2.40. The highest BCUT2D eigenvalue weighted by molar-refractivity contribution is 6.11. The average molecular weight is 720 g/mol. The van der Waals surface area contributed by atoms with Crippen molar-refractivity contribution in [3.63, 3.8) is 0 Å². The minimum atomic E-state index is -4.47. The summed E-state index contributed by atoms with van der Waals surface area (Å²) in [5, 5.41) is 11.8. The van der Waals surface area contributed by atoms with E-state index < -0.39 is 11.7 Å². The lowest BCUT2D eigenvalue weighted by molar-refractivity contribution is -0.137. The summed E-state index contributed by atoms with van der Waals surface area (Å²) in [6.07, 6.45) is -4.47. The molecule has 0 amide bonds. The number of benzene rings is 7. The van der Waals surface area contributed by atoms with Crippen LogP contribution in [0, 0.1) is 11.3 Å². The summed E-state index contributed by atoms with van der Waals surface area (Å²) in [5.41, 5.74) is 7.81. The van der Waals surface area contributed by atoms with Crippen molar-refractivity contribution in [3.8, 4) is 68.2 Å². The number of para-hydroxylation sites is 1. The summed E-state index contributed by atoms with van der Waals surface area (Å²) in [6, 6.07) is 54.5. The van der Waals surface area contributed by atoms with Gasteiger partial charge in [-0.05, 0) is 59.2 Å². The van der Waals surface area contributed by atoms with Crippen molar-refractivity contribution in [2.45, 2.75) is 6.18 Å². The van der Waals surface area contributed by atoms with E-state index in [4.69, 9.17) is 15.0 Å². The van der Waals surface area contributed by atoms with Gasteiger partial charge in [0.05, 0.1) is 33.9 Å². The molecule has 8 heteroatoms. The van der Waals surface area contributed by atoms with Gasteiger partial charge in [0.1, 0.15) is 0 Å². The summed E-state index contributed by atoms with van der Waals surface area (Å²) < 4.78 is 43.2. The third-order valence-corrected chi connectivity index (χ3v) is 9.75. The Labute approximate surface area is 314 Å². The number of aromatic nitrogens is 4. The van der Waals surface area contributed by atoms with Crippen LogP contribution in [0.1, 0.15) is 11.1 Å². The van der Waals surface area contributed by atoms with E-state index >= 15 is 0 Å². The zero-order valence-corrected chi connectivity index (χ0v) is 29.0. The Kier molecular flexibility index (Phi) is 8.25. The molecule has 0 spiro atoms. The normalized spacial score (nSPS) is 11.5. The van der Waals surface area contributed by atoms with Gasteiger partial charge in [-0.3, -0.25) is 0 Å². The van der Waals surface area contributed by atoms with Gasteiger partial charge in [-0.25, -0.2) is 15.0 Å². The number of nitriles is 1. The maximum absolute atomic E-state index is 13.7. The third kappa shape index (κ3) is 6.18. The van der Waals surface area contributed by atoms with Gasteiger partial charge in [0.2, 0.25) is 0 Å². The molecule has 0 bridgehead atoms. The van der Waals surface area contributed by atoms with Crippen LogP contribution in [-0.4, -0.2) is 19.5 Å². The maximum atomic E-state index is 13.7. The molecular weight excluding hydrogens is 692 g/mol. The Morgan fingerprint density at radius 2 is 1.00 bits per heavy atom. The summed E-state index contributed by atoms with van der Waals surface area (Å²) in [6.45, 7) is 0. The fourth-order valence-electron chi connectivity index (χ4n) is 7.11. The average Bonchev–Trinajstić information content (AvgIpc) is 3.57. The van der Waals surface area contributed by atoms with Crippen LogP contribution in [0.15, 0.2) is 170 Å². The lowest BCUT2D eigenvalue weighted by Gasteiger charge is -2.17. The van der Waals surface area contributed by atoms with Gasteiger partial charge in [0.15, 0.2) is 17.5 Å². The van der Waals surface area contributed by atoms with Crippen LogP contribution in [0.25, 0.3) is 83.9 Å². The molecule has 9 aromatic rings. The molecule has 55 heavy (non-hydrogen) atoms. The van der Waals surface area contributed by atoms with E-state index in [1.807, 2.05) is 127 Å². The second-order valence-corrected chi connectivity index (χ2v) is 13.1. The van der Waals surface area contributed by atoms with Gasteiger partial charge in [-0.1, -0.05) is 127 Å². The molecule has 0 aliphatic carbocycles. The van der Waals surface area contributed by atoms with E-state index in [0.717, 1.165) is 67.4 Å². The second-order valence-electron chi connectivity index (χ2n) is 13.1. The van der Waals surface area contributed by atoms with E-state index in [0.29, 0.717) is 34.2 Å². The number of fused-ring (bicyclic) bond motifs is 3. The Morgan fingerprint density at radius 1 is 0.455 bits per heavy atom. The Hall–Kier alpha value is -7.37. The molecule has 0 atom stereocenters. The van der Waals surface area contributed by atoms with Crippen molar-refractivity contribution in [2.24, 2.45) is 0 Å². The maximum Gasteiger partial charge on any atom is 0.416 e. The topological polar surface area (TPSA) is 67.4 Å². The smallest absolute Gasteiger partial charge is 0.309 e. The first-order valence-corrected chi connectivity index (χ1v) is 17.6. The molecule has 0 saturated heterocycles. The van der Waals surface area contributed by atoms with Crippen molar-refractivity contribution in [3.05, 3.63) is 181 Å². The first-order valence-electron chi connectivity index (χ1n) is 17.6. The summed E-state index contributed by atoms with van der Waals surface area (Å²) in [5.74, 6) is 1.48. The number of alkyl halides is 3. The van der Waals surface area contributed by atoms with Crippen molar-refractivity contribution in [1.82, 2.24) is 19.5 Å². The fraction of sp³-hybridized carbons (Fsp3) is 0.0213. The highest BCUT2D eigenvalue weighted by atomic mass is 19.4. The summed E-state index contributed by atoms with van der Waals surface area (Å²) in [4.78, 5) is 14.8. The lowest BCUT2D eigenvalue weighted by Crippen LogP contribution is -2.04. The standard InChI is InChI=1S/C47H28F3N5/c48-47(49,50)36-23-19-30(20-24-36)38-25-21-34(46-53-44(31-11-3-1-4-12-31)52-45(54-46)32-13-5-2-6-14-32)28-43(38)55-41-18-10-9-17-39(41)40-27-33(22-26-42(40)55)37-16-8-7-15-35(37)29-51/h1-28H. The number of nitrogens with zero attached hydrogens (tertiary/aromatic N) is 5. The SMILES string of the molecule is N#Cc1ccccc1-c1ccc2c(c1)c1ccccc1n2-c1cc(-c2nc(-c3ccccc3)nc(-c3ccccc3)n2)ccc1-c1ccc(C(F)(F)F)cc1. The Morgan fingerprint density at radius 3 is 1.65 bits per heavy atom. The number of hydrogen-bond donors (Lipinski definition) is 0. The third-order valence-electron chi connectivity index (χ3n) is 9.75. The lowest BCUT2D eigenvalue weighted by atomic mass is 9.98. The van der Waals surface area contributed by atoms with Gasteiger partial charge >= 0.3 is 6.18 Å². The molecular formula is C47H28F3N5. The number of hydrogen-bond acceptors (Lipinski definition) is 4. The molecule has 0 aliphatic rings. The molecule has 262 valence electrons. The van der Waals surface area contributed by atoms with Crippen molar-refractivity contribution in [1.29, 1.82) is 5.26 Å². The van der Waals surface area contributed by atoms with E-state index in [1.165, 1.54) is 12.1 Å². The number of rotatable bonds is 6. The zero-order valence-electron chi connectivity index (χ0n) is 29.0. The predicted molar refractivity (Wildman–Crippen MR) is 211 cm³/mol. The Bertz CT molecular complexity index is 2850. The van der Waals surface area contributed by atoms with E-state index in [2.05, 4.69) is 22.8 Å². The van der Waals surface area contributed by atoms with Gasteiger partial charge in [-0.2, -0.15) is 18.4 Å². The molecule has 0 unspecified atom stereocenters. The molecule has 2 heterocycles. The van der Waals surface area contributed by atoms with Crippen LogP contribution in [-0.2, 0) is 6.18 Å². The van der Waals surface area contributed by atoms with Crippen LogP contribution in [0.2, 0.25) is 0 Å². The monoisotopic (exact) mass is 719 g/mol. The van der Waals surface area contributed by atoms with Crippen LogP contribution in [0.5, 0.6) is 0 Å². The van der Waals surface area contributed by atoms with E-state index in [9.17, 15) is 18.4 Å². The Balaban J connectivity index is 1.31. The van der Waals surface area contributed by atoms with Crippen molar-refractivity contribution in [2.75, 3.05) is 0 Å². The molecule has 0 aliphatic heterocycles. The molecule has 7 aromatic carbocycles. The quantitative estimate of drug-likeness (QED) is 0.172. The second kappa shape index (κ2) is 13.6. The van der Waals surface area contributed by atoms with Gasteiger partial charge < -0.3 is 4.57 Å². The first kappa shape index (κ1) is 33.5. The first-order chi connectivity index (χ1) is 26.9. The molecule has 0 N–H and O–H groups in total. The van der Waals surface area contributed by atoms with Crippen LogP contribution in [0.4, 0.5) is 13.2 Å². The fourth-order valence-corrected chi connectivity index (χ4v) is 7.11. The minimum Gasteiger partial charge on any atom is -0.309 e. The van der Waals surface area contributed by atoms with Crippen LogP contribution >= 0.6 is 0 Å². The van der Waals surface area contributed by atoms with Gasteiger partial charge in [-0.15, -0.1) is 0 Å². The molecule has 0 radical (unpaired) electrons. The van der Waals surface area contributed by atoms with Gasteiger partial charge in [0, 0.05) is 33.0 Å². The summed E-state index contributed by atoms with van der Waals surface area (Å²) in [7, 11) is 0. The van der Waals surface area contributed by atoms with E-state index in [1.54, 1.807) is 6.07 Å². The van der Waals surface area contributed by atoms with Crippen LogP contribution in [0.3, 0.4) is 0 Å². The molecule has 0 fully saturated rings. The molecule has 9 rings (SSSR count). The largest absolute Gasteiger partial charge is 0.416 e. The number of halogens is 3. The highest BCUT2D eigenvalue weighted by Gasteiger charge is 2.30. The zero-order chi connectivity index (χ0) is 37.5. The summed E-state index contributed by atoms with van der Waals surface area (Å²) >= 11 is 0. The van der Waals surface area contributed by atoms with Gasteiger partial charge in [0.25, 0.3) is 0 Å². The van der Waals surface area contributed by atoms with Crippen molar-refractivity contribution < 1.29 is 13.2 Å². The molecule has 5 nitrogen and oxygen atoms in total.